The largest absolute Gasteiger partial charge is 0.491 e. The van der Waals surface area contributed by atoms with Gasteiger partial charge in [-0.3, -0.25) is 0 Å². The van der Waals surface area contributed by atoms with E-state index in [4.69, 9.17) is 10.5 Å². The van der Waals surface area contributed by atoms with E-state index in [0.717, 1.165) is 0 Å². The monoisotopic (exact) mass is 211 g/mol. The smallest absolute Gasteiger partial charge is 0.128 e. The average Bonchev–Trinajstić information content (AvgIpc) is 2.23. The number of alkyl halides is 1. The van der Waals surface area contributed by atoms with Crippen molar-refractivity contribution in [3.63, 3.8) is 0 Å². The Kier molecular flexibility index (Phi) is 4.58. The zero-order valence-corrected chi connectivity index (χ0v) is 8.09. The summed E-state index contributed by atoms with van der Waals surface area (Å²) in [5, 5.41) is 0. The first-order chi connectivity index (χ1) is 7.26. The predicted octanol–water partition coefficient (Wildman–Crippen LogP) is 1.48. The second-order valence-electron chi connectivity index (χ2n) is 2.72. The fraction of sp³-hybridized carbons (Fsp3) is 0.273. The molecule has 1 rings (SSSR count). The maximum absolute atomic E-state index is 13.0. The number of hydrogen-bond donors (Lipinski definition) is 1. The van der Waals surface area contributed by atoms with Crippen LogP contribution in [0.2, 0.25) is 0 Å². The maximum atomic E-state index is 13.0. The SMILES string of the molecule is NCC#Cc1cc(F)cc(OCCF)c1. The molecule has 0 saturated carbocycles. The number of hydrogen-bond acceptors (Lipinski definition) is 2. The van der Waals surface area contributed by atoms with E-state index in [1.165, 1.54) is 12.1 Å². The molecular weight excluding hydrogens is 200 g/mol. The fourth-order valence-corrected chi connectivity index (χ4v) is 1.03. The van der Waals surface area contributed by atoms with Crippen molar-refractivity contribution in [2.45, 2.75) is 0 Å². The molecule has 0 radical (unpaired) electrons. The van der Waals surface area contributed by atoms with E-state index in [2.05, 4.69) is 11.8 Å². The van der Waals surface area contributed by atoms with Crippen molar-refractivity contribution in [2.24, 2.45) is 5.73 Å². The van der Waals surface area contributed by atoms with Gasteiger partial charge in [-0.15, -0.1) is 0 Å². The van der Waals surface area contributed by atoms with E-state index in [1.54, 1.807) is 6.07 Å². The van der Waals surface area contributed by atoms with Crippen molar-refractivity contribution >= 4 is 0 Å². The van der Waals surface area contributed by atoms with Crippen molar-refractivity contribution in [3.8, 4) is 17.6 Å². The lowest BCUT2D eigenvalue weighted by Crippen LogP contribution is -1.99. The summed E-state index contributed by atoms with van der Waals surface area (Å²) in [6.07, 6.45) is 0. The third-order valence-electron chi connectivity index (χ3n) is 1.55. The molecule has 1 aromatic rings. The highest BCUT2D eigenvalue weighted by Crippen LogP contribution is 2.15. The molecule has 0 fully saturated rings. The zero-order chi connectivity index (χ0) is 11.1. The van der Waals surface area contributed by atoms with Crippen LogP contribution in [0.25, 0.3) is 0 Å². The minimum Gasteiger partial charge on any atom is -0.491 e. The van der Waals surface area contributed by atoms with Gasteiger partial charge in [0.05, 0.1) is 6.54 Å². The Hall–Kier alpha value is -1.60. The minimum absolute atomic E-state index is 0.0901. The van der Waals surface area contributed by atoms with Gasteiger partial charge in [0.25, 0.3) is 0 Å². The lowest BCUT2D eigenvalue weighted by atomic mass is 10.2. The molecule has 0 aliphatic carbocycles. The van der Waals surface area contributed by atoms with Gasteiger partial charge in [-0.25, -0.2) is 8.78 Å². The molecule has 0 heterocycles. The van der Waals surface area contributed by atoms with Crippen LogP contribution in [0.4, 0.5) is 8.78 Å². The van der Waals surface area contributed by atoms with E-state index in [9.17, 15) is 8.78 Å². The molecule has 0 atom stereocenters. The molecule has 0 amide bonds. The molecule has 0 aromatic heterocycles. The molecule has 0 spiro atoms. The van der Waals surface area contributed by atoms with Crippen LogP contribution in [-0.4, -0.2) is 19.8 Å². The molecular formula is C11H11F2NO. The van der Waals surface area contributed by atoms with Gasteiger partial charge in [-0.05, 0) is 12.1 Å². The first-order valence-electron chi connectivity index (χ1n) is 4.44. The van der Waals surface area contributed by atoms with Gasteiger partial charge in [0.2, 0.25) is 0 Å². The molecule has 0 aliphatic rings. The Morgan fingerprint density at radius 1 is 1.33 bits per heavy atom. The normalized spacial score (nSPS) is 9.27. The molecule has 0 bridgehead atoms. The highest BCUT2D eigenvalue weighted by Gasteiger charge is 1.99. The van der Waals surface area contributed by atoms with Crippen LogP contribution in [0.1, 0.15) is 5.56 Å². The van der Waals surface area contributed by atoms with Crippen LogP contribution in [0, 0.1) is 17.7 Å². The quantitative estimate of drug-likeness (QED) is 0.769. The molecule has 0 saturated heterocycles. The van der Waals surface area contributed by atoms with Gasteiger partial charge in [-0.1, -0.05) is 11.8 Å². The molecule has 0 aliphatic heterocycles. The Morgan fingerprint density at radius 3 is 2.80 bits per heavy atom. The van der Waals surface area contributed by atoms with Gasteiger partial charge in [0.15, 0.2) is 0 Å². The van der Waals surface area contributed by atoms with Crippen LogP contribution in [-0.2, 0) is 0 Å². The highest BCUT2D eigenvalue weighted by atomic mass is 19.1. The summed E-state index contributed by atoms with van der Waals surface area (Å²) < 4.78 is 29.8. The van der Waals surface area contributed by atoms with Gasteiger partial charge in [-0.2, -0.15) is 0 Å². The van der Waals surface area contributed by atoms with E-state index in [0.29, 0.717) is 5.56 Å². The maximum Gasteiger partial charge on any atom is 0.128 e. The predicted molar refractivity (Wildman–Crippen MR) is 53.8 cm³/mol. The van der Waals surface area contributed by atoms with Crippen molar-refractivity contribution in [2.75, 3.05) is 19.8 Å². The summed E-state index contributed by atoms with van der Waals surface area (Å²) in [5.41, 5.74) is 5.65. The van der Waals surface area contributed by atoms with Crippen LogP contribution in [0.15, 0.2) is 18.2 Å². The van der Waals surface area contributed by atoms with Crippen LogP contribution >= 0.6 is 0 Å². The Bertz CT molecular complexity index is 382. The number of ether oxygens (including phenoxy) is 1. The van der Waals surface area contributed by atoms with Gasteiger partial charge in [0, 0.05) is 11.6 Å². The summed E-state index contributed by atoms with van der Waals surface area (Å²) >= 11 is 0. The number of halogens is 2. The Labute approximate surface area is 87.0 Å². The topological polar surface area (TPSA) is 35.2 Å². The zero-order valence-electron chi connectivity index (χ0n) is 8.09. The van der Waals surface area contributed by atoms with Gasteiger partial charge in [0.1, 0.15) is 24.8 Å². The molecule has 4 heteroatoms. The number of rotatable bonds is 3. The Balaban J connectivity index is 2.84. The van der Waals surface area contributed by atoms with E-state index >= 15 is 0 Å². The summed E-state index contributed by atoms with van der Waals surface area (Å²) in [7, 11) is 0. The van der Waals surface area contributed by atoms with E-state index in [1.807, 2.05) is 0 Å². The van der Waals surface area contributed by atoms with Crippen LogP contribution in [0.5, 0.6) is 5.75 Å². The standard InChI is InChI=1S/C11H11F2NO/c12-3-5-15-11-7-9(2-1-4-14)6-10(13)8-11/h6-8H,3-5,14H2. The lowest BCUT2D eigenvalue weighted by molar-refractivity contribution is 0.272. The highest BCUT2D eigenvalue weighted by molar-refractivity contribution is 5.40. The van der Waals surface area contributed by atoms with Crippen molar-refractivity contribution in [1.29, 1.82) is 0 Å². The lowest BCUT2D eigenvalue weighted by Gasteiger charge is -2.03. The summed E-state index contributed by atoms with van der Waals surface area (Å²) in [6, 6.07) is 4.00. The molecule has 2 nitrogen and oxygen atoms in total. The minimum atomic E-state index is -0.611. The Morgan fingerprint density at radius 2 is 2.13 bits per heavy atom. The molecule has 1 aromatic carbocycles. The van der Waals surface area contributed by atoms with Crippen LogP contribution in [0.3, 0.4) is 0 Å². The average molecular weight is 211 g/mol. The van der Waals surface area contributed by atoms with Gasteiger partial charge >= 0.3 is 0 Å². The fourth-order valence-electron chi connectivity index (χ4n) is 1.03. The van der Waals surface area contributed by atoms with Crippen molar-refractivity contribution in [1.82, 2.24) is 0 Å². The molecule has 2 N–H and O–H groups in total. The summed E-state index contributed by atoms with van der Waals surface area (Å²) in [4.78, 5) is 0. The summed E-state index contributed by atoms with van der Waals surface area (Å²) in [6.45, 7) is -0.495. The first kappa shape index (κ1) is 11.5. The van der Waals surface area contributed by atoms with E-state index < -0.39 is 12.5 Å². The molecule has 15 heavy (non-hydrogen) atoms. The number of nitrogens with two attached hydrogens (primary N) is 1. The summed E-state index contributed by atoms with van der Waals surface area (Å²) in [5.74, 6) is 5.08. The molecule has 80 valence electrons. The van der Waals surface area contributed by atoms with Crippen molar-refractivity contribution < 1.29 is 13.5 Å². The first-order valence-corrected chi connectivity index (χ1v) is 4.44. The number of benzene rings is 1. The second kappa shape index (κ2) is 5.99. The third-order valence-corrected chi connectivity index (χ3v) is 1.55. The third kappa shape index (κ3) is 3.96. The molecule has 0 unspecified atom stereocenters. The van der Waals surface area contributed by atoms with E-state index in [-0.39, 0.29) is 18.9 Å². The van der Waals surface area contributed by atoms with Crippen molar-refractivity contribution in [3.05, 3.63) is 29.6 Å². The second-order valence-corrected chi connectivity index (χ2v) is 2.72. The van der Waals surface area contributed by atoms with Gasteiger partial charge < -0.3 is 10.5 Å². The van der Waals surface area contributed by atoms with Crippen LogP contribution < -0.4 is 10.5 Å².